The average molecular weight is 1070 g/mol. The van der Waals surface area contributed by atoms with Crippen LogP contribution in [0.2, 0.25) is 0 Å². The van der Waals surface area contributed by atoms with Crippen LogP contribution in [-0.4, -0.2) is 22.2 Å². The van der Waals surface area contributed by atoms with Gasteiger partial charge >= 0.3 is 11.9 Å². The summed E-state index contributed by atoms with van der Waals surface area (Å²) in [6, 6.07) is 0. The van der Waals surface area contributed by atoms with Crippen molar-refractivity contribution in [3.05, 3.63) is 31.4 Å². The molecule has 0 atom stereocenters. The molecule has 0 saturated heterocycles. The molecule has 0 aromatic heterocycles. The normalized spacial score (nSPS) is 11.6. The molecule has 5 nitrogen and oxygen atoms in total. The Morgan fingerprint density at radius 3 is 0.647 bits per heavy atom. The number of unbranched alkanes of at least 4 members (excludes halogenated alkanes) is 45. The largest absolute Gasteiger partial charge is 0.478 e. The van der Waals surface area contributed by atoms with Crippen LogP contribution < -0.4 is 0 Å². The quantitative estimate of drug-likeness (QED) is 0.0501. The zero-order valence-corrected chi connectivity index (χ0v) is 47.7. The van der Waals surface area contributed by atoms with E-state index in [1.165, 1.54) is 250 Å². The molecular formula is C62H113IO5. The minimum absolute atomic E-state index is 0.191. The lowest BCUT2D eigenvalue weighted by atomic mass is 9.84. The molecule has 0 aliphatic heterocycles. The standard InChI is InChI=1S/C62H113IO5/c1-4-7-10-13-16-19-22-25-28-31-34-37-40-43-46-49-52-55-56(53-50-47-44-41-38-35-32-29-26-23-20-17-14-11-8-5-2)59(62(66)67)60(63-68)57(58(55)61(64)65)54-51-48-45-42-39-36-33-30-27-24-21-18-15-12-9-6-3/h4-54H2,1-3H3,(H,64,65)(H,66,67). The lowest BCUT2D eigenvalue weighted by Gasteiger charge is -2.22. The van der Waals surface area contributed by atoms with Crippen LogP contribution in [0.4, 0.5) is 0 Å². The van der Waals surface area contributed by atoms with E-state index in [0.717, 1.165) is 63.4 Å². The maximum Gasteiger partial charge on any atom is 0.337 e. The number of halogens is 1. The molecule has 68 heavy (non-hydrogen) atoms. The summed E-state index contributed by atoms with van der Waals surface area (Å²) in [5, 5.41) is 21.6. The molecule has 1 rings (SSSR count). The molecule has 0 saturated carbocycles. The number of hydrogen-bond donors (Lipinski definition) is 2. The van der Waals surface area contributed by atoms with Gasteiger partial charge in [-0.1, -0.05) is 310 Å². The lowest BCUT2D eigenvalue weighted by Crippen LogP contribution is -2.19. The van der Waals surface area contributed by atoms with Crippen molar-refractivity contribution in [1.82, 2.24) is 0 Å². The summed E-state index contributed by atoms with van der Waals surface area (Å²) < 4.78 is 13.4. The predicted molar refractivity (Wildman–Crippen MR) is 304 cm³/mol. The van der Waals surface area contributed by atoms with Crippen LogP contribution in [0.3, 0.4) is 0 Å². The molecule has 0 spiro atoms. The first-order valence-electron chi connectivity index (χ1n) is 30.4. The van der Waals surface area contributed by atoms with E-state index in [-0.39, 0.29) is 5.56 Å². The first kappa shape index (κ1) is 64.7. The summed E-state index contributed by atoms with van der Waals surface area (Å²) in [6.07, 6.45) is 62.9. The summed E-state index contributed by atoms with van der Waals surface area (Å²) in [5.41, 5.74) is 2.49. The summed E-state index contributed by atoms with van der Waals surface area (Å²) in [6.45, 7) is 6.84. The van der Waals surface area contributed by atoms with Crippen molar-refractivity contribution in [2.45, 2.75) is 348 Å². The zero-order valence-electron chi connectivity index (χ0n) is 45.6. The highest BCUT2D eigenvalue weighted by molar-refractivity contribution is 14.1. The second kappa shape index (κ2) is 49.3. The molecule has 0 unspecified atom stereocenters. The van der Waals surface area contributed by atoms with Crippen molar-refractivity contribution >= 4 is 33.1 Å². The minimum Gasteiger partial charge on any atom is -0.478 e. The summed E-state index contributed by atoms with van der Waals surface area (Å²) in [5.74, 6) is -1.99. The SMILES string of the molecule is CCCCCCCCCCCCCCCCCCc1c(CCCCCCCCCCCCCCCCCC)c(C(=O)O)c(I=O)c(CCCCCCCCCCCCCCCCCC)c1C(=O)O. The Balaban J connectivity index is 2.78. The van der Waals surface area contributed by atoms with Gasteiger partial charge in [-0.3, -0.25) is 3.07 Å². The molecule has 0 bridgehead atoms. The Morgan fingerprint density at radius 2 is 0.456 bits per heavy atom. The van der Waals surface area contributed by atoms with E-state index in [2.05, 4.69) is 20.8 Å². The van der Waals surface area contributed by atoms with Gasteiger partial charge in [0, 0.05) is 0 Å². The third kappa shape index (κ3) is 34.9. The number of hydrogen-bond acceptors (Lipinski definition) is 3. The molecule has 0 radical (unpaired) electrons. The number of rotatable bonds is 54. The van der Waals surface area contributed by atoms with Crippen molar-refractivity contribution in [3.63, 3.8) is 0 Å². The first-order valence-corrected chi connectivity index (χ1v) is 32.3. The van der Waals surface area contributed by atoms with E-state index in [9.17, 15) is 22.9 Å². The second-order valence-electron chi connectivity index (χ2n) is 21.3. The van der Waals surface area contributed by atoms with Gasteiger partial charge in [-0.05, 0) is 55.2 Å². The topological polar surface area (TPSA) is 91.7 Å². The lowest BCUT2D eigenvalue weighted by molar-refractivity contribution is 0.0676. The van der Waals surface area contributed by atoms with E-state index >= 15 is 0 Å². The van der Waals surface area contributed by atoms with Crippen LogP contribution in [0, 0.1) is 3.57 Å². The number of benzene rings is 1. The van der Waals surface area contributed by atoms with Crippen molar-refractivity contribution < 1.29 is 22.9 Å². The van der Waals surface area contributed by atoms with Crippen LogP contribution in [0.1, 0.15) is 366 Å². The molecule has 1 aromatic rings. The van der Waals surface area contributed by atoms with Crippen LogP contribution in [0.15, 0.2) is 0 Å². The number of carboxylic acids is 2. The number of carboxylic acid groups (broad SMARTS) is 2. The molecule has 0 aliphatic carbocycles. The molecule has 0 aliphatic rings. The van der Waals surface area contributed by atoms with Crippen LogP contribution in [0.25, 0.3) is 0 Å². The molecule has 0 amide bonds. The Hall–Kier alpha value is -1.31. The maximum absolute atomic E-state index is 13.3. The molecule has 398 valence electrons. The van der Waals surface area contributed by atoms with Crippen LogP contribution >= 0.6 is 21.2 Å². The van der Waals surface area contributed by atoms with E-state index in [1.54, 1.807) is 0 Å². The fourth-order valence-corrected chi connectivity index (χ4v) is 12.4. The fraction of sp³-hybridized carbons (Fsp3) is 0.871. The van der Waals surface area contributed by atoms with Gasteiger partial charge in [0.15, 0.2) is 21.2 Å². The molecule has 6 heteroatoms. The van der Waals surface area contributed by atoms with Gasteiger partial charge in [0.1, 0.15) is 0 Å². The predicted octanol–water partition coefficient (Wildman–Crippen LogP) is 22.0. The fourth-order valence-electron chi connectivity index (χ4n) is 10.8. The highest BCUT2D eigenvalue weighted by atomic mass is 127. The second-order valence-corrected chi connectivity index (χ2v) is 22.9. The number of aromatic carboxylic acids is 2. The minimum atomic E-state index is -1.86. The third-order valence-electron chi connectivity index (χ3n) is 15.1. The molecule has 0 heterocycles. The highest BCUT2D eigenvalue weighted by Gasteiger charge is 2.30. The smallest absolute Gasteiger partial charge is 0.337 e. The molecule has 1 aromatic carbocycles. The van der Waals surface area contributed by atoms with Gasteiger partial charge in [-0.15, -0.1) is 0 Å². The Labute approximate surface area is 433 Å². The number of carbonyl (C=O) groups is 2. The third-order valence-corrected chi connectivity index (χ3v) is 16.7. The Kier molecular flexibility index (Phi) is 46.9. The van der Waals surface area contributed by atoms with Gasteiger partial charge in [0.2, 0.25) is 0 Å². The van der Waals surface area contributed by atoms with E-state index in [0.29, 0.717) is 39.5 Å². The van der Waals surface area contributed by atoms with E-state index < -0.39 is 33.1 Å². The van der Waals surface area contributed by atoms with Crippen LogP contribution in [-0.2, 0) is 22.3 Å². The summed E-state index contributed by atoms with van der Waals surface area (Å²) >= 11 is -1.86. The summed E-state index contributed by atoms with van der Waals surface area (Å²) in [7, 11) is 0. The van der Waals surface area contributed by atoms with Crippen molar-refractivity contribution in [2.75, 3.05) is 0 Å². The van der Waals surface area contributed by atoms with Gasteiger partial charge in [0.05, 0.1) is 14.7 Å². The maximum atomic E-state index is 13.3. The molecular weight excluding hydrogens is 952 g/mol. The van der Waals surface area contributed by atoms with Gasteiger partial charge in [-0.25, -0.2) is 9.59 Å². The van der Waals surface area contributed by atoms with Crippen molar-refractivity contribution in [2.24, 2.45) is 0 Å². The van der Waals surface area contributed by atoms with Gasteiger partial charge in [0.25, 0.3) is 0 Å². The van der Waals surface area contributed by atoms with Crippen LogP contribution in [0.5, 0.6) is 0 Å². The van der Waals surface area contributed by atoms with Gasteiger partial charge in [-0.2, -0.15) is 0 Å². The van der Waals surface area contributed by atoms with Crippen molar-refractivity contribution in [1.29, 1.82) is 0 Å². The Morgan fingerprint density at radius 1 is 0.279 bits per heavy atom. The monoisotopic (exact) mass is 1060 g/mol. The first-order chi connectivity index (χ1) is 33.4. The summed E-state index contributed by atoms with van der Waals surface area (Å²) in [4.78, 5) is 26.4. The van der Waals surface area contributed by atoms with Gasteiger partial charge < -0.3 is 10.2 Å². The highest BCUT2D eigenvalue weighted by Crippen LogP contribution is 2.36. The molecule has 0 fully saturated rings. The van der Waals surface area contributed by atoms with E-state index in [1.807, 2.05) is 0 Å². The average Bonchev–Trinajstić information content (AvgIpc) is 3.33. The Bertz CT molecular complexity index is 1320. The van der Waals surface area contributed by atoms with Crippen molar-refractivity contribution in [3.8, 4) is 0 Å². The zero-order chi connectivity index (χ0) is 49.4. The van der Waals surface area contributed by atoms with E-state index in [4.69, 9.17) is 0 Å². The molecule has 2 N–H and O–H groups in total.